The van der Waals surface area contributed by atoms with Gasteiger partial charge in [-0.05, 0) is 24.1 Å². The summed E-state index contributed by atoms with van der Waals surface area (Å²) >= 11 is 0. The Balaban J connectivity index is 1.97. The fourth-order valence-corrected chi connectivity index (χ4v) is 2.34. The molecule has 10 heteroatoms. The summed E-state index contributed by atoms with van der Waals surface area (Å²) in [6, 6.07) is 12.8. The minimum atomic E-state index is -1.16. The van der Waals surface area contributed by atoms with Crippen molar-refractivity contribution in [2.45, 2.75) is 25.5 Å². The molecular weight excluding hydrogens is 382 g/mol. The quantitative estimate of drug-likeness (QED) is 0.432. The van der Waals surface area contributed by atoms with E-state index in [9.17, 15) is 24.5 Å². The zero-order valence-corrected chi connectivity index (χ0v) is 15.2. The second-order valence-corrected chi connectivity index (χ2v) is 5.98. The number of amides is 2. The second-order valence-electron chi connectivity index (χ2n) is 5.98. The lowest BCUT2D eigenvalue weighted by Crippen LogP contribution is -2.44. The summed E-state index contributed by atoms with van der Waals surface area (Å²) in [6.45, 7) is -0.0116. The first-order valence-corrected chi connectivity index (χ1v) is 8.59. The van der Waals surface area contributed by atoms with E-state index >= 15 is 0 Å². The van der Waals surface area contributed by atoms with Crippen LogP contribution in [0.4, 0.5) is 16.2 Å². The van der Waals surface area contributed by atoms with Crippen molar-refractivity contribution in [2.24, 2.45) is 0 Å². The average Bonchev–Trinajstić information content (AvgIpc) is 2.70. The predicted octanol–water partition coefficient (Wildman–Crippen LogP) is 2.69. The summed E-state index contributed by atoms with van der Waals surface area (Å²) in [5.74, 6) is -1.80. The van der Waals surface area contributed by atoms with Crippen LogP contribution in [0, 0.1) is 10.1 Å². The summed E-state index contributed by atoms with van der Waals surface area (Å²) in [5, 5.41) is 24.4. The molecule has 2 amide bonds. The van der Waals surface area contributed by atoms with Gasteiger partial charge in [0.15, 0.2) is 0 Å². The SMILES string of the molecule is O=C(O)CC[C@H](NC(=O)OCc1ccccc1)C(=O)Nc1ccc([N+](=O)[O-])cc1. The molecule has 2 rings (SSSR count). The van der Waals surface area contributed by atoms with Gasteiger partial charge in [0.05, 0.1) is 4.92 Å². The van der Waals surface area contributed by atoms with Gasteiger partial charge in [0.1, 0.15) is 12.6 Å². The molecule has 2 aromatic rings. The molecular formula is C19H19N3O7. The lowest BCUT2D eigenvalue weighted by Gasteiger charge is -2.17. The molecule has 0 aliphatic heterocycles. The number of alkyl carbamates (subject to hydrolysis) is 1. The van der Waals surface area contributed by atoms with E-state index in [0.717, 1.165) is 5.56 Å². The fraction of sp³-hybridized carbons (Fsp3) is 0.211. The van der Waals surface area contributed by atoms with Crippen LogP contribution in [-0.2, 0) is 20.9 Å². The van der Waals surface area contributed by atoms with Gasteiger partial charge in [-0.1, -0.05) is 30.3 Å². The number of anilines is 1. The standard InChI is InChI=1S/C19H19N3O7/c23-17(24)11-10-16(21-19(26)29-12-13-4-2-1-3-5-13)18(25)20-14-6-8-15(9-7-14)22(27)28/h1-9,16H,10-12H2,(H,20,25)(H,21,26)(H,23,24)/t16-/m0/s1. The highest BCUT2D eigenvalue weighted by Gasteiger charge is 2.23. The van der Waals surface area contributed by atoms with Crippen molar-refractivity contribution in [3.05, 3.63) is 70.3 Å². The molecule has 3 N–H and O–H groups in total. The van der Waals surface area contributed by atoms with Crippen LogP contribution in [0.2, 0.25) is 0 Å². The molecule has 152 valence electrons. The van der Waals surface area contributed by atoms with Crippen molar-refractivity contribution in [3.63, 3.8) is 0 Å². The molecule has 2 aromatic carbocycles. The molecule has 0 saturated carbocycles. The van der Waals surface area contributed by atoms with Crippen LogP contribution in [0.5, 0.6) is 0 Å². The molecule has 0 aliphatic rings. The monoisotopic (exact) mass is 401 g/mol. The molecule has 1 atom stereocenters. The molecule has 29 heavy (non-hydrogen) atoms. The van der Waals surface area contributed by atoms with Crippen LogP contribution in [0.3, 0.4) is 0 Å². The number of nitro benzene ring substituents is 1. The Kier molecular flexibility index (Phi) is 7.66. The third-order valence-corrected chi connectivity index (χ3v) is 3.81. The summed E-state index contributed by atoms with van der Waals surface area (Å²) in [5.41, 5.74) is 0.869. The highest BCUT2D eigenvalue weighted by Crippen LogP contribution is 2.16. The number of nitro groups is 1. The number of rotatable bonds is 9. The third kappa shape index (κ3) is 7.29. The lowest BCUT2D eigenvalue weighted by atomic mass is 10.1. The van der Waals surface area contributed by atoms with Gasteiger partial charge >= 0.3 is 12.1 Å². The van der Waals surface area contributed by atoms with E-state index in [1.54, 1.807) is 24.3 Å². The molecule has 0 radical (unpaired) electrons. The van der Waals surface area contributed by atoms with Gasteiger partial charge in [0, 0.05) is 24.2 Å². The maximum atomic E-state index is 12.4. The average molecular weight is 401 g/mol. The topological polar surface area (TPSA) is 148 Å². The number of carbonyl (C=O) groups excluding carboxylic acids is 2. The predicted molar refractivity (Wildman–Crippen MR) is 102 cm³/mol. The van der Waals surface area contributed by atoms with Gasteiger partial charge in [-0.2, -0.15) is 0 Å². The van der Waals surface area contributed by atoms with Crippen molar-refractivity contribution < 1.29 is 29.2 Å². The number of carbonyl (C=O) groups is 3. The number of carboxylic acid groups (broad SMARTS) is 1. The number of aliphatic carboxylic acids is 1. The minimum Gasteiger partial charge on any atom is -0.481 e. The molecule has 0 fully saturated rings. The zero-order valence-electron chi connectivity index (χ0n) is 15.2. The van der Waals surface area contributed by atoms with Crippen molar-refractivity contribution in [1.82, 2.24) is 5.32 Å². The maximum Gasteiger partial charge on any atom is 0.408 e. The summed E-state index contributed by atoms with van der Waals surface area (Å²) in [4.78, 5) is 45.4. The van der Waals surface area contributed by atoms with Gasteiger partial charge in [-0.15, -0.1) is 0 Å². The van der Waals surface area contributed by atoms with Gasteiger partial charge < -0.3 is 20.5 Å². The summed E-state index contributed by atoms with van der Waals surface area (Å²) in [6.07, 6.45) is -1.38. The lowest BCUT2D eigenvalue weighted by molar-refractivity contribution is -0.384. The highest BCUT2D eigenvalue weighted by molar-refractivity contribution is 5.96. The highest BCUT2D eigenvalue weighted by atomic mass is 16.6. The summed E-state index contributed by atoms with van der Waals surface area (Å²) in [7, 11) is 0. The molecule has 0 heterocycles. The van der Waals surface area contributed by atoms with E-state index in [1.807, 2.05) is 6.07 Å². The number of carboxylic acids is 1. The van der Waals surface area contributed by atoms with E-state index < -0.39 is 28.9 Å². The van der Waals surface area contributed by atoms with Crippen LogP contribution in [0.15, 0.2) is 54.6 Å². The molecule has 0 bridgehead atoms. The zero-order chi connectivity index (χ0) is 21.2. The van der Waals surface area contributed by atoms with Gasteiger partial charge in [-0.25, -0.2) is 4.79 Å². The van der Waals surface area contributed by atoms with Crippen molar-refractivity contribution in [2.75, 3.05) is 5.32 Å². The largest absolute Gasteiger partial charge is 0.481 e. The van der Waals surface area contributed by atoms with E-state index in [2.05, 4.69) is 10.6 Å². The Morgan fingerprint density at radius 2 is 1.72 bits per heavy atom. The van der Waals surface area contributed by atoms with Crippen molar-refractivity contribution in [3.8, 4) is 0 Å². The normalized spacial score (nSPS) is 11.2. The number of ether oxygens (including phenoxy) is 1. The number of hydrogen-bond acceptors (Lipinski definition) is 6. The first-order valence-electron chi connectivity index (χ1n) is 8.59. The van der Waals surface area contributed by atoms with Crippen LogP contribution in [0.25, 0.3) is 0 Å². The van der Waals surface area contributed by atoms with Gasteiger partial charge in [0.2, 0.25) is 5.91 Å². The van der Waals surface area contributed by atoms with Crippen LogP contribution >= 0.6 is 0 Å². The van der Waals surface area contributed by atoms with Gasteiger partial charge in [0.25, 0.3) is 5.69 Å². The number of non-ortho nitro benzene ring substituents is 1. The first kappa shape index (κ1) is 21.4. The number of hydrogen-bond donors (Lipinski definition) is 3. The Bertz CT molecular complexity index is 869. The fourth-order valence-electron chi connectivity index (χ4n) is 2.34. The van der Waals surface area contributed by atoms with E-state index in [4.69, 9.17) is 9.84 Å². The Morgan fingerprint density at radius 1 is 1.07 bits per heavy atom. The molecule has 0 spiro atoms. The molecule has 0 saturated heterocycles. The minimum absolute atomic E-state index is 0.0116. The van der Waals surface area contributed by atoms with Crippen molar-refractivity contribution >= 4 is 29.3 Å². The van der Waals surface area contributed by atoms with Crippen LogP contribution in [-0.4, -0.2) is 34.0 Å². The van der Waals surface area contributed by atoms with Crippen LogP contribution in [0.1, 0.15) is 18.4 Å². The van der Waals surface area contributed by atoms with E-state index in [-0.39, 0.29) is 30.8 Å². The number of nitrogens with zero attached hydrogens (tertiary/aromatic N) is 1. The van der Waals surface area contributed by atoms with E-state index in [0.29, 0.717) is 0 Å². The molecule has 0 unspecified atom stereocenters. The Morgan fingerprint density at radius 3 is 2.31 bits per heavy atom. The van der Waals surface area contributed by atoms with E-state index in [1.165, 1.54) is 24.3 Å². The molecule has 10 nitrogen and oxygen atoms in total. The number of benzene rings is 2. The Labute approximate surface area is 165 Å². The third-order valence-electron chi connectivity index (χ3n) is 3.81. The maximum absolute atomic E-state index is 12.4. The Hall–Kier alpha value is -3.95. The summed E-state index contributed by atoms with van der Waals surface area (Å²) < 4.78 is 5.06. The molecule has 0 aromatic heterocycles. The van der Waals surface area contributed by atoms with Crippen LogP contribution < -0.4 is 10.6 Å². The number of nitrogens with one attached hydrogen (secondary N) is 2. The first-order chi connectivity index (χ1) is 13.8. The van der Waals surface area contributed by atoms with Crippen molar-refractivity contribution in [1.29, 1.82) is 0 Å². The second kappa shape index (κ2) is 10.4. The molecule has 0 aliphatic carbocycles. The smallest absolute Gasteiger partial charge is 0.408 e. The van der Waals surface area contributed by atoms with Gasteiger partial charge in [-0.3, -0.25) is 19.7 Å².